The van der Waals surface area contributed by atoms with Gasteiger partial charge in [0.15, 0.2) is 0 Å². The Hall–Kier alpha value is -1.44. The summed E-state index contributed by atoms with van der Waals surface area (Å²) in [6.45, 7) is 2.11. The number of hydrogen-bond donors (Lipinski definition) is 0. The van der Waals surface area contributed by atoms with Crippen LogP contribution in [0.4, 0.5) is 0 Å². The Kier molecular flexibility index (Phi) is 6.55. The van der Waals surface area contributed by atoms with E-state index in [0.717, 1.165) is 25.7 Å². The topological polar surface area (TPSA) is 66.9 Å². The zero-order chi connectivity index (χ0) is 19.4. The molecule has 3 rings (SSSR count). The predicted octanol–water partition coefficient (Wildman–Crippen LogP) is 2.07. The number of sulfonamides is 1. The first kappa shape index (κ1) is 20.3. The van der Waals surface area contributed by atoms with Crippen molar-refractivity contribution in [3.05, 3.63) is 29.3 Å². The lowest BCUT2D eigenvalue weighted by Gasteiger charge is -2.32. The number of amides is 1. The molecule has 1 aliphatic heterocycles. The molecule has 1 saturated heterocycles. The predicted molar refractivity (Wildman–Crippen MR) is 104 cm³/mol. The minimum absolute atomic E-state index is 0.0935. The maximum absolute atomic E-state index is 13.0. The number of nitrogens with zero attached hydrogens (tertiary/aromatic N) is 2. The zero-order valence-corrected chi connectivity index (χ0v) is 17.1. The summed E-state index contributed by atoms with van der Waals surface area (Å²) in [6, 6.07) is 5.54. The molecule has 0 saturated carbocycles. The summed E-state index contributed by atoms with van der Waals surface area (Å²) in [5, 5.41) is 0. The molecule has 1 aromatic carbocycles. The quantitative estimate of drug-likeness (QED) is 0.664. The lowest BCUT2D eigenvalue weighted by Crippen LogP contribution is -2.43. The van der Waals surface area contributed by atoms with Crippen LogP contribution < -0.4 is 0 Å². The standard InChI is InChI=1S/C20H30N2O4S/c1-21(11-4-14-26-2)20(23)17-9-12-22(13-10-17)27(24,25)19-8-7-16-5-3-6-18(16)15-19/h7-8,15,17H,3-6,9-14H2,1-2H3. The minimum Gasteiger partial charge on any atom is -0.385 e. The monoisotopic (exact) mass is 394 g/mol. The number of aryl methyl sites for hydroxylation is 2. The van der Waals surface area contributed by atoms with Gasteiger partial charge in [0, 0.05) is 46.3 Å². The van der Waals surface area contributed by atoms with E-state index in [9.17, 15) is 13.2 Å². The van der Waals surface area contributed by atoms with E-state index in [1.807, 2.05) is 19.2 Å². The van der Waals surface area contributed by atoms with Gasteiger partial charge in [-0.1, -0.05) is 6.07 Å². The van der Waals surface area contributed by atoms with Gasteiger partial charge in [0.25, 0.3) is 0 Å². The highest BCUT2D eigenvalue weighted by Gasteiger charge is 2.33. The van der Waals surface area contributed by atoms with Crippen molar-refractivity contribution in [2.75, 3.05) is 40.4 Å². The number of hydrogen-bond acceptors (Lipinski definition) is 4. The smallest absolute Gasteiger partial charge is 0.243 e. The highest BCUT2D eigenvalue weighted by Crippen LogP contribution is 2.29. The first-order chi connectivity index (χ1) is 12.9. The van der Waals surface area contributed by atoms with Crippen LogP contribution in [0.15, 0.2) is 23.1 Å². The van der Waals surface area contributed by atoms with Gasteiger partial charge in [-0.2, -0.15) is 4.31 Å². The van der Waals surface area contributed by atoms with E-state index in [4.69, 9.17) is 4.74 Å². The van der Waals surface area contributed by atoms with Crippen molar-refractivity contribution in [1.82, 2.24) is 9.21 Å². The fraction of sp³-hybridized carbons (Fsp3) is 0.650. The molecule has 6 nitrogen and oxygen atoms in total. The van der Waals surface area contributed by atoms with Crippen molar-refractivity contribution >= 4 is 15.9 Å². The highest BCUT2D eigenvalue weighted by atomic mass is 32.2. The van der Waals surface area contributed by atoms with Gasteiger partial charge in [0.1, 0.15) is 0 Å². The average molecular weight is 395 g/mol. The molecule has 1 amide bonds. The summed E-state index contributed by atoms with van der Waals surface area (Å²) < 4.78 is 32.5. The van der Waals surface area contributed by atoms with E-state index in [-0.39, 0.29) is 11.8 Å². The Balaban J connectivity index is 1.59. The largest absolute Gasteiger partial charge is 0.385 e. The Labute approximate surface area is 162 Å². The van der Waals surface area contributed by atoms with Crippen LogP contribution in [0, 0.1) is 5.92 Å². The number of ether oxygens (including phenoxy) is 1. The second-order valence-corrected chi connectivity index (χ2v) is 9.51. The van der Waals surface area contributed by atoms with E-state index >= 15 is 0 Å². The van der Waals surface area contributed by atoms with Gasteiger partial charge in [-0.3, -0.25) is 4.79 Å². The third-order valence-electron chi connectivity index (χ3n) is 5.73. The molecule has 0 atom stereocenters. The number of fused-ring (bicyclic) bond motifs is 1. The van der Waals surface area contributed by atoms with E-state index in [1.54, 1.807) is 22.4 Å². The Morgan fingerprint density at radius 1 is 1.22 bits per heavy atom. The number of piperidine rings is 1. The summed E-state index contributed by atoms with van der Waals surface area (Å²) in [4.78, 5) is 14.7. The van der Waals surface area contributed by atoms with Crippen molar-refractivity contribution < 1.29 is 17.9 Å². The molecule has 1 fully saturated rings. The Morgan fingerprint density at radius 3 is 2.63 bits per heavy atom. The van der Waals surface area contributed by atoms with Gasteiger partial charge in [0.2, 0.25) is 15.9 Å². The van der Waals surface area contributed by atoms with Crippen LogP contribution >= 0.6 is 0 Å². The Bertz CT molecular complexity index is 770. The molecule has 1 aliphatic carbocycles. The van der Waals surface area contributed by atoms with Gasteiger partial charge in [-0.05, 0) is 61.8 Å². The fourth-order valence-electron chi connectivity index (χ4n) is 4.07. The summed E-state index contributed by atoms with van der Waals surface area (Å²) in [6.07, 6.45) is 5.08. The molecule has 0 aromatic heterocycles. The van der Waals surface area contributed by atoms with Crippen molar-refractivity contribution in [3.63, 3.8) is 0 Å². The van der Waals surface area contributed by atoms with Crippen LogP contribution in [0.1, 0.15) is 36.8 Å². The van der Waals surface area contributed by atoms with Crippen LogP contribution in [0.3, 0.4) is 0 Å². The van der Waals surface area contributed by atoms with Crippen molar-refractivity contribution in [3.8, 4) is 0 Å². The number of carbonyl (C=O) groups is 1. The number of benzene rings is 1. The maximum atomic E-state index is 13.0. The molecule has 27 heavy (non-hydrogen) atoms. The molecule has 2 aliphatic rings. The average Bonchev–Trinajstić information content (AvgIpc) is 3.15. The fourth-order valence-corrected chi connectivity index (χ4v) is 5.59. The second kappa shape index (κ2) is 8.71. The van der Waals surface area contributed by atoms with Crippen LogP contribution in [0.5, 0.6) is 0 Å². The van der Waals surface area contributed by atoms with Gasteiger partial charge in [-0.25, -0.2) is 8.42 Å². The van der Waals surface area contributed by atoms with Crippen molar-refractivity contribution in [2.45, 2.75) is 43.4 Å². The first-order valence-corrected chi connectivity index (χ1v) is 11.2. The summed E-state index contributed by atoms with van der Waals surface area (Å²) in [7, 11) is -0.0157. The van der Waals surface area contributed by atoms with Crippen LogP contribution in [-0.2, 0) is 32.4 Å². The number of carbonyl (C=O) groups excluding carboxylic acids is 1. The van der Waals surface area contributed by atoms with E-state index in [2.05, 4.69) is 0 Å². The van der Waals surface area contributed by atoms with Gasteiger partial charge >= 0.3 is 0 Å². The SMILES string of the molecule is COCCCN(C)C(=O)C1CCN(S(=O)(=O)c2ccc3c(c2)CCC3)CC1. The summed E-state index contributed by atoms with van der Waals surface area (Å²) in [5.74, 6) is 0.0182. The molecule has 0 N–H and O–H groups in total. The molecule has 0 radical (unpaired) electrons. The number of rotatable bonds is 7. The maximum Gasteiger partial charge on any atom is 0.243 e. The van der Waals surface area contributed by atoms with Crippen molar-refractivity contribution in [1.29, 1.82) is 0 Å². The van der Waals surface area contributed by atoms with Crippen LogP contribution in [0.2, 0.25) is 0 Å². The van der Waals surface area contributed by atoms with E-state index in [1.165, 1.54) is 11.1 Å². The van der Waals surface area contributed by atoms with Crippen molar-refractivity contribution in [2.24, 2.45) is 5.92 Å². The second-order valence-electron chi connectivity index (χ2n) is 7.57. The molecule has 150 valence electrons. The van der Waals surface area contributed by atoms with E-state index in [0.29, 0.717) is 44.0 Å². The molecule has 0 bridgehead atoms. The number of methoxy groups -OCH3 is 1. The van der Waals surface area contributed by atoms with Crippen LogP contribution in [-0.4, -0.2) is 63.9 Å². The lowest BCUT2D eigenvalue weighted by molar-refractivity contribution is -0.135. The van der Waals surface area contributed by atoms with Gasteiger partial charge in [-0.15, -0.1) is 0 Å². The highest BCUT2D eigenvalue weighted by molar-refractivity contribution is 7.89. The molecular weight excluding hydrogens is 364 g/mol. The Morgan fingerprint density at radius 2 is 1.93 bits per heavy atom. The zero-order valence-electron chi connectivity index (χ0n) is 16.3. The van der Waals surface area contributed by atoms with Crippen LogP contribution in [0.25, 0.3) is 0 Å². The normalized spacial score (nSPS) is 18.4. The van der Waals surface area contributed by atoms with Gasteiger partial charge in [0.05, 0.1) is 4.90 Å². The molecule has 1 aromatic rings. The van der Waals surface area contributed by atoms with Gasteiger partial charge < -0.3 is 9.64 Å². The van der Waals surface area contributed by atoms with E-state index < -0.39 is 10.0 Å². The summed E-state index contributed by atoms with van der Waals surface area (Å²) in [5.41, 5.74) is 2.44. The molecule has 1 heterocycles. The summed E-state index contributed by atoms with van der Waals surface area (Å²) >= 11 is 0. The third-order valence-corrected chi connectivity index (χ3v) is 7.62. The third kappa shape index (κ3) is 4.52. The molecular formula is C20H30N2O4S. The minimum atomic E-state index is -3.48. The first-order valence-electron chi connectivity index (χ1n) is 9.79. The molecule has 0 spiro atoms. The molecule has 0 unspecified atom stereocenters. The molecule has 7 heteroatoms. The lowest BCUT2D eigenvalue weighted by atomic mass is 9.96.